The molecule has 0 aliphatic carbocycles. The van der Waals surface area contributed by atoms with Crippen molar-refractivity contribution in [2.45, 2.75) is 6.92 Å². The Morgan fingerprint density at radius 1 is 1.23 bits per heavy atom. The number of aromatic amines is 1. The average molecular weight is 315 g/mol. The number of anilines is 2. The molecule has 0 atom stereocenters. The van der Waals surface area contributed by atoms with Crippen molar-refractivity contribution in [2.75, 3.05) is 17.3 Å². The maximum atomic E-state index is 12.3. The summed E-state index contributed by atoms with van der Waals surface area (Å²) in [5.41, 5.74) is 3.26. The van der Waals surface area contributed by atoms with Crippen LogP contribution in [0.2, 0.25) is 5.02 Å². The van der Waals surface area contributed by atoms with Crippen LogP contribution in [0.15, 0.2) is 42.5 Å². The monoisotopic (exact) mass is 314 g/mol. The minimum absolute atomic E-state index is 0.224. The van der Waals surface area contributed by atoms with Gasteiger partial charge in [0, 0.05) is 23.4 Å². The van der Waals surface area contributed by atoms with Crippen LogP contribution in [0.4, 0.5) is 16.2 Å². The summed E-state index contributed by atoms with van der Waals surface area (Å²) < 4.78 is 0. The van der Waals surface area contributed by atoms with Crippen molar-refractivity contribution < 1.29 is 4.79 Å². The molecule has 0 saturated heterocycles. The highest BCUT2D eigenvalue weighted by molar-refractivity contribution is 6.30. The fourth-order valence-electron chi connectivity index (χ4n) is 2.19. The Morgan fingerprint density at radius 2 is 1.95 bits per heavy atom. The maximum absolute atomic E-state index is 12.3. The van der Waals surface area contributed by atoms with Gasteiger partial charge in [-0.3, -0.25) is 4.90 Å². The number of benzene rings is 2. The smallest absolute Gasteiger partial charge is 0.326 e. The molecule has 2 aromatic carbocycles. The first-order valence-corrected chi connectivity index (χ1v) is 7.17. The molecule has 1 aromatic heterocycles. The SMILES string of the molecule is Cc1nc2ccc(N(C)C(=O)Nc3ccc(Cl)cc3)cc2[nH]1. The van der Waals surface area contributed by atoms with Crippen LogP contribution in [0.1, 0.15) is 5.82 Å². The predicted molar refractivity (Wildman–Crippen MR) is 89.7 cm³/mol. The van der Waals surface area contributed by atoms with Crippen LogP contribution in [0.5, 0.6) is 0 Å². The molecule has 0 radical (unpaired) electrons. The number of aryl methyl sites for hydroxylation is 1. The average Bonchev–Trinajstić information content (AvgIpc) is 2.87. The number of halogens is 1. The van der Waals surface area contributed by atoms with E-state index in [0.717, 1.165) is 22.5 Å². The molecule has 0 bridgehead atoms. The van der Waals surface area contributed by atoms with Crippen molar-refractivity contribution in [3.8, 4) is 0 Å². The van der Waals surface area contributed by atoms with Gasteiger partial charge in [-0.25, -0.2) is 9.78 Å². The molecule has 0 aliphatic heterocycles. The lowest BCUT2D eigenvalue weighted by Crippen LogP contribution is -2.31. The summed E-state index contributed by atoms with van der Waals surface area (Å²) in [6.07, 6.45) is 0. The fraction of sp³-hybridized carbons (Fsp3) is 0.125. The Labute approximate surface area is 132 Å². The van der Waals surface area contributed by atoms with Gasteiger partial charge in [-0.2, -0.15) is 0 Å². The number of aromatic nitrogens is 2. The number of nitrogens with one attached hydrogen (secondary N) is 2. The van der Waals surface area contributed by atoms with Crippen molar-refractivity contribution in [3.05, 3.63) is 53.3 Å². The number of rotatable bonds is 2. The van der Waals surface area contributed by atoms with E-state index < -0.39 is 0 Å². The quantitative estimate of drug-likeness (QED) is 0.745. The largest absolute Gasteiger partial charge is 0.342 e. The summed E-state index contributed by atoms with van der Waals surface area (Å²) in [4.78, 5) is 21.4. The number of hydrogen-bond donors (Lipinski definition) is 2. The van der Waals surface area contributed by atoms with Gasteiger partial charge in [-0.15, -0.1) is 0 Å². The van der Waals surface area contributed by atoms with E-state index in [9.17, 15) is 4.79 Å². The fourth-order valence-corrected chi connectivity index (χ4v) is 2.32. The van der Waals surface area contributed by atoms with E-state index in [1.165, 1.54) is 0 Å². The van der Waals surface area contributed by atoms with Crippen molar-refractivity contribution in [1.29, 1.82) is 0 Å². The summed E-state index contributed by atoms with van der Waals surface area (Å²) in [7, 11) is 1.72. The number of carbonyl (C=O) groups excluding carboxylic acids is 1. The summed E-state index contributed by atoms with van der Waals surface area (Å²) in [5.74, 6) is 0.848. The van der Waals surface area contributed by atoms with E-state index in [-0.39, 0.29) is 6.03 Å². The molecule has 0 aliphatic rings. The third kappa shape index (κ3) is 2.89. The molecule has 3 aromatic rings. The molecule has 2 N–H and O–H groups in total. The Hall–Kier alpha value is -2.53. The standard InChI is InChI=1S/C16H15ClN4O/c1-10-18-14-8-7-13(9-15(14)19-10)21(2)16(22)20-12-5-3-11(17)4-6-12/h3-9H,1-2H3,(H,18,19)(H,20,22). The van der Waals surface area contributed by atoms with Crippen LogP contribution in [-0.2, 0) is 0 Å². The first-order valence-electron chi connectivity index (χ1n) is 6.79. The Bertz CT molecular complexity index is 826. The number of amides is 2. The molecule has 1 heterocycles. The molecule has 22 heavy (non-hydrogen) atoms. The van der Waals surface area contributed by atoms with E-state index in [4.69, 9.17) is 11.6 Å². The zero-order valence-electron chi connectivity index (χ0n) is 12.2. The summed E-state index contributed by atoms with van der Waals surface area (Å²) >= 11 is 5.83. The number of urea groups is 1. The Kier molecular flexibility index (Phi) is 3.73. The number of nitrogens with zero attached hydrogens (tertiary/aromatic N) is 2. The first kappa shape index (κ1) is 14.4. The van der Waals surface area contributed by atoms with Gasteiger partial charge in [-0.05, 0) is 49.4 Å². The normalized spacial score (nSPS) is 10.7. The molecule has 3 rings (SSSR count). The van der Waals surface area contributed by atoms with Crippen molar-refractivity contribution in [3.63, 3.8) is 0 Å². The third-order valence-corrected chi connectivity index (χ3v) is 3.62. The van der Waals surface area contributed by atoms with Gasteiger partial charge in [0.05, 0.1) is 11.0 Å². The molecular weight excluding hydrogens is 300 g/mol. The minimum atomic E-state index is -0.224. The zero-order chi connectivity index (χ0) is 15.7. The number of hydrogen-bond acceptors (Lipinski definition) is 2. The van der Waals surface area contributed by atoms with Crippen molar-refractivity contribution >= 4 is 40.0 Å². The van der Waals surface area contributed by atoms with Crippen LogP contribution in [0.25, 0.3) is 11.0 Å². The third-order valence-electron chi connectivity index (χ3n) is 3.37. The maximum Gasteiger partial charge on any atom is 0.326 e. The Balaban J connectivity index is 1.80. The lowest BCUT2D eigenvalue weighted by molar-refractivity contribution is 0.258. The number of imidazole rings is 1. The summed E-state index contributed by atoms with van der Waals surface area (Å²) in [6, 6.07) is 12.4. The molecule has 0 saturated carbocycles. The molecule has 0 spiro atoms. The number of carbonyl (C=O) groups is 1. The first-order chi connectivity index (χ1) is 10.5. The van der Waals surface area contributed by atoms with Gasteiger partial charge in [0.15, 0.2) is 0 Å². The van der Waals surface area contributed by atoms with Crippen LogP contribution >= 0.6 is 11.6 Å². The molecule has 0 unspecified atom stereocenters. The predicted octanol–water partition coefficient (Wildman–Crippen LogP) is 4.19. The van der Waals surface area contributed by atoms with Crippen LogP contribution in [-0.4, -0.2) is 23.0 Å². The molecule has 6 heteroatoms. The van der Waals surface area contributed by atoms with Gasteiger partial charge in [0.2, 0.25) is 0 Å². The van der Waals surface area contributed by atoms with Gasteiger partial charge in [0.1, 0.15) is 5.82 Å². The molecule has 112 valence electrons. The second kappa shape index (κ2) is 5.69. The molecule has 5 nitrogen and oxygen atoms in total. The number of fused-ring (bicyclic) bond motifs is 1. The topological polar surface area (TPSA) is 61.0 Å². The highest BCUT2D eigenvalue weighted by Crippen LogP contribution is 2.21. The molecule has 0 fully saturated rings. The van der Waals surface area contributed by atoms with E-state index in [2.05, 4.69) is 15.3 Å². The van der Waals surface area contributed by atoms with Crippen LogP contribution in [0.3, 0.4) is 0 Å². The highest BCUT2D eigenvalue weighted by Gasteiger charge is 2.12. The van der Waals surface area contributed by atoms with Gasteiger partial charge >= 0.3 is 6.03 Å². The molecule has 2 amide bonds. The number of H-pyrrole nitrogens is 1. The minimum Gasteiger partial charge on any atom is -0.342 e. The van der Waals surface area contributed by atoms with Crippen molar-refractivity contribution in [2.24, 2.45) is 0 Å². The summed E-state index contributed by atoms with van der Waals surface area (Å²) in [6.45, 7) is 1.90. The van der Waals surface area contributed by atoms with E-state index >= 15 is 0 Å². The second-order valence-corrected chi connectivity index (χ2v) is 5.46. The van der Waals surface area contributed by atoms with E-state index in [0.29, 0.717) is 10.7 Å². The van der Waals surface area contributed by atoms with Crippen molar-refractivity contribution in [1.82, 2.24) is 9.97 Å². The zero-order valence-corrected chi connectivity index (χ0v) is 13.0. The Morgan fingerprint density at radius 3 is 2.68 bits per heavy atom. The lowest BCUT2D eigenvalue weighted by Gasteiger charge is -2.18. The highest BCUT2D eigenvalue weighted by atomic mass is 35.5. The van der Waals surface area contributed by atoms with E-state index in [1.807, 2.05) is 25.1 Å². The second-order valence-electron chi connectivity index (χ2n) is 5.02. The lowest BCUT2D eigenvalue weighted by atomic mass is 10.2. The van der Waals surface area contributed by atoms with Gasteiger partial charge in [-0.1, -0.05) is 11.6 Å². The van der Waals surface area contributed by atoms with Gasteiger partial charge < -0.3 is 10.3 Å². The van der Waals surface area contributed by atoms with Crippen LogP contribution < -0.4 is 10.2 Å². The molecular formula is C16H15ClN4O. The van der Waals surface area contributed by atoms with Gasteiger partial charge in [0.25, 0.3) is 0 Å². The van der Waals surface area contributed by atoms with Crippen LogP contribution in [0, 0.1) is 6.92 Å². The van der Waals surface area contributed by atoms with E-state index in [1.54, 1.807) is 36.2 Å². The summed E-state index contributed by atoms with van der Waals surface area (Å²) in [5, 5.41) is 3.45.